The molecule has 114 valence electrons. The lowest BCUT2D eigenvalue weighted by Crippen LogP contribution is -2.43. The first-order valence-electron chi connectivity index (χ1n) is 6.15. The zero-order chi connectivity index (χ0) is 15.6. The average Bonchev–Trinajstić information content (AvgIpc) is 2.26. The van der Waals surface area contributed by atoms with E-state index in [1.54, 1.807) is 13.8 Å². The Hall–Kier alpha value is -0.960. The lowest BCUT2D eigenvalue weighted by Gasteiger charge is -2.25. The van der Waals surface area contributed by atoms with Crippen LogP contribution < -0.4 is 9.86 Å². The summed E-state index contributed by atoms with van der Waals surface area (Å²) >= 11 is 0. The molecule has 20 heavy (non-hydrogen) atoms. The van der Waals surface area contributed by atoms with Gasteiger partial charge in [-0.05, 0) is 32.4 Å². The van der Waals surface area contributed by atoms with Gasteiger partial charge in [-0.2, -0.15) is 0 Å². The van der Waals surface area contributed by atoms with Crippen LogP contribution in [0.1, 0.15) is 33.6 Å². The van der Waals surface area contributed by atoms with E-state index in [0.29, 0.717) is 6.42 Å². The summed E-state index contributed by atoms with van der Waals surface area (Å²) in [6, 6.07) is 5.28. The van der Waals surface area contributed by atoms with Crippen LogP contribution in [0.2, 0.25) is 0 Å². The first kappa shape index (κ1) is 17.1. The molecule has 0 radical (unpaired) electrons. The fourth-order valence-corrected chi connectivity index (χ4v) is 4.83. The summed E-state index contributed by atoms with van der Waals surface area (Å²) in [5.41, 5.74) is -0.668. The predicted octanol–water partition coefficient (Wildman–Crippen LogP) is 1.19. The van der Waals surface area contributed by atoms with Crippen LogP contribution in [0.25, 0.3) is 0 Å². The number of nitrogens with one attached hydrogen (secondary N) is 1. The maximum atomic E-state index is 12.4. The molecule has 0 saturated carbocycles. The molecule has 3 N–H and O–H groups in total. The van der Waals surface area contributed by atoms with Crippen LogP contribution in [0.5, 0.6) is 0 Å². The highest BCUT2D eigenvalue weighted by Gasteiger charge is 2.29. The van der Waals surface area contributed by atoms with Gasteiger partial charge in [-0.3, -0.25) is 0 Å². The number of primary sulfonamides is 1. The SMILES string of the molecule is CCCC(C)(C)NS(=O)(=O)c1ccccc1S(N)(=O)=O. The van der Waals surface area contributed by atoms with Crippen molar-refractivity contribution in [1.82, 2.24) is 4.72 Å². The van der Waals surface area contributed by atoms with Gasteiger partial charge in [-0.15, -0.1) is 0 Å². The lowest BCUT2D eigenvalue weighted by atomic mass is 10.0. The molecule has 0 fully saturated rings. The van der Waals surface area contributed by atoms with Crippen molar-refractivity contribution in [3.05, 3.63) is 24.3 Å². The molecule has 8 heteroatoms. The van der Waals surface area contributed by atoms with Crippen LogP contribution in [0, 0.1) is 0 Å². The van der Waals surface area contributed by atoms with Gasteiger partial charge >= 0.3 is 0 Å². The topological polar surface area (TPSA) is 106 Å². The Bertz CT molecular complexity index is 679. The van der Waals surface area contributed by atoms with E-state index in [0.717, 1.165) is 6.42 Å². The summed E-state index contributed by atoms with van der Waals surface area (Å²) in [5, 5.41) is 5.06. The number of hydrogen-bond acceptors (Lipinski definition) is 4. The van der Waals surface area contributed by atoms with Gasteiger partial charge in [-0.1, -0.05) is 25.5 Å². The Morgan fingerprint density at radius 1 is 1.10 bits per heavy atom. The van der Waals surface area contributed by atoms with E-state index in [4.69, 9.17) is 5.14 Å². The molecule has 0 bridgehead atoms. The van der Waals surface area contributed by atoms with Crippen molar-refractivity contribution in [3.63, 3.8) is 0 Å². The third-order valence-electron chi connectivity index (χ3n) is 2.73. The third-order valence-corrected chi connectivity index (χ3v) is 5.59. The average molecular weight is 320 g/mol. The van der Waals surface area contributed by atoms with Crippen molar-refractivity contribution in [3.8, 4) is 0 Å². The Labute approximate surface area is 120 Å². The van der Waals surface area contributed by atoms with Crippen molar-refractivity contribution < 1.29 is 16.8 Å². The molecule has 0 aromatic heterocycles. The first-order chi connectivity index (χ1) is 8.99. The molecule has 0 unspecified atom stereocenters. The van der Waals surface area contributed by atoms with E-state index >= 15 is 0 Å². The van der Waals surface area contributed by atoms with Crippen LogP contribution in [0.3, 0.4) is 0 Å². The van der Waals surface area contributed by atoms with Crippen LogP contribution in [-0.2, 0) is 20.0 Å². The van der Waals surface area contributed by atoms with Gasteiger partial charge in [-0.25, -0.2) is 26.7 Å². The highest BCUT2D eigenvalue weighted by atomic mass is 32.2. The van der Waals surface area contributed by atoms with Crippen LogP contribution in [0.15, 0.2) is 34.1 Å². The van der Waals surface area contributed by atoms with Crippen molar-refractivity contribution in [2.24, 2.45) is 5.14 Å². The van der Waals surface area contributed by atoms with Crippen LogP contribution in [-0.4, -0.2) is 22.4 Å². The largest absolute Gasteiger partial charge is 0.242 e. The molecule has 6 nitrogen and oxygen atoms in total. The van der Waals surface area contributed by atoms with Gasteiger partial charge in [0.15, 0.2) is 0 Å². The van der Waals surface area contributed by atoms with Gasteiger partial charge in [0, 0.05) is 5.54 Å². The molecule has 1 aromatic rings. The molecule has 0 atom stereocenters. The quantitative estimate of drug-likeness (QED) is 0.821. The second-order valence-electron chi connectivity index (χ2n) is 5.23. The summed E-state index contributed by atoms with van der Waals surface area (Å²) in [5.74, 6) is 0. The fraction of sp³-hybridized carbons (Fsp3) is 0.500. The number of rotatable bonds is 6. The molecular weight excluding hydrogens is 300 g/mol. The van der Waals surface area contributed by atoms with Crippen molar-refractivity contribution in [2.45, 2.75) is 48.9 Å². The van der Waals surface area contributed by atoms with E-state index in [-0.39, 0.29) is 4.90 Å². The zero-order valence-corrected chi connectivity index (χ0v) is 13.4. The normalized spacial score (nSPS) is 13.4. The molecule has 0 aliphatic rings. The summed E-state index contributed by atoms with van der Waals surface area (Å²) < 4.78 is 50.2. The standard InChI is InChI=1S/C12H20N2O4S2/c1-4-9-12(2,3)14-20(17,18)11-8-6-5-7-10(11)19(13,15)16/h5-8,14H,4,9H2,1-3H3,(H2,13,15,16). The van der Waals surface area contributed by atoms with E-state index in [1.807, 2.05) is 6.92 Å². The summed E-state index contributed by atoms with van der Waals surface area (Å²) in [7, 11) is -8.07. The molecular formula is C12H20N2O4S2. The van der Waals surface area contributed by atoms with Crippen LogP contribution >= 0.6 is 0 Å². The van der Waals surface area contributed by atoms with E-state index < -0.39 is 30.5 Å². The molecule has 1 aromatic carbocycles. The number of sulfonamides is 2. The molecule has 0 aliphatic carbocycles. The minimum atomic E-state index is -4.10. The van der Waals surface area contributed by atoms with Crippen molar-refractivity contribution in [2.75, 3.05) is 0 Å². The maximum Gasteiger partial charge on any atom is 0.242 e. The summed E-state index contributed by atoms with van der Waals surface area (Å²) in [6.07, 6.45) is 1.43. The second kappa shape index (κ2) is 5.80. The number of hydrogen-bond donors (Lipinski definition) is 2. The Balaban J connectivity index is 3.31. The first-order valence-corrected chi connectivity index (χ1v) is 9.18. The Kier molecular flexibility index (Phi) is 4.96. The maximum absolute atomic E-state index is 12.4. The number of benzene rings is 1. The minimum absolute atomic E-state index is 0.327. The monoisotopic (exact) mass is 320 g/mol. The third kappa shape index (κ3) is 4.27. The molecule has 0 spiro atoms. The van der Waals surface area contributed by atoms with E-state index in [2.05, 4.69) is 4.72 Å². The minimum Gasteiger partial charge on any atom is -0.225 e. The molecule has 0 amide bonds. The highest BCUT2D eigenvalue weighted by Crippen LogP contribution is 2.22. The zero-order valence-electron chi connectivity index (χ0n) is 11.8. The second-order valence-corrected chi connectivity index (χ2v) is 8.41. The number of nitrogens with two attached hydrogens (primary N) is 1. The smallest absolute Gasteiger partial charge is 0.225 e. The Morgan fingerprint density at radius 3 is 2.05 bits per heavy atom. The van der Waals surface area contributed by atoms with Gasteiger partial charge < -0.3 is 0 Å². The summed E-state index contributed by atoms with van der Waals surface area (Å²) in [6.45, 7) is 5.43. The van der Waals surface area contributed by atoms with Gasteiger partial charge in [0.2, 0.25) is 20.0 Å². The van der Waals surface area contributed by atoms with Crippen molar-refractivity contribution >= 4 is 20.0 Å². The van der Waals surface area contributed by atoms with Crippen molar-refractivity contribution in [1.29, 1.82) is 0 Å². The van der Waals surface area contributed by atoms with Crippen LogP contribution in [0.4, 0.5) is 0 Å². The van der Waals surface area contributed by atoms with Gasteiger partial charge in [0.25, 0.3) is 0 Å². The Morgan fingerprint density at radius 2 is 1.60 bits per heavy atom. The molecule has 0 saturated heterocycles. The molecule has 0 aliphatic heterocycles. The lowest BCUT2D eigenvalue weighted by molar-refractivity contribution is 0.417. The van der Waals surface area contributed by atoms with Gasteiger partial charge in [0.1, 0.15) is 9.79 Å². The molecule has 0 heterocycles. The molecule has 1 rings (SSSR count). The fourth-order valence-electron chi connectivity index (χ4n) is 2.00. The van der Waals surface area contributed by atoms with Gasteiger partial charge in [0.05, 0.1) is 0 Å². The van der Waals surface area contributed by atoms with E-state index in [9.17, 15) is 16.8 Å². The highest BCUT2D eigenvalue weighted by molar-refractivity contribution is 7.92. The summed E-state index contributed by atoms with van der Waals surface area (Å²) in [4.78, 5) is -0.730. The van der Waals surface area contributed by atoms with E-state index in [1.165, 1.54) is 24.3 Å². The predicted molar refractivity (Wildman–Crippen MR) is 77.1 cm³/mol.